The van der Waals surface area contributed by atoms with Crippen LogP contribution < -0.4 is 4.72 Å². The minimum Gasteiger partial charge on any atom is -0.481 e. The van der Waals surface area contributed by atoms with Crippen molar-refractivity contribution < 1.29 is 18.3 Å². The number of hydrogen-bond acceptors (Lipinski definition) is 3. The molecule has 6 heteroatoms. The predicted octanol–water partition coefficient (Wildman–Crippen LogP) is 2.06. The van der Waals surface area contributed by atoms with Gasteiger partial charge < -0.3 is 5.11 Å². The average molecular weight is 297 g/mol. The van der Waals surface area contributed by atoms with E-state index in [-0.39, 0.29) is 11.3 Å². The van der Waals surface area contributed by atoms with E-state index >= 15 is 0 Å². The maximum absolute atomic E-state index is 12.5. The third-order valence-electron chi connectivity index (χ3n) is 3.78. The Kier molecular flexibility index (Phi) is 4.15. The van der Waals surface area contributed by atoms with E-state index < -0.39 is 21.5 Å². The standard InChI is InChI=1S/C14H19NO4S/c1-11-6-2-3-7-12(11)20(18,19)15-14(10-13(16)17)8-4-5-9-14/h2-3,6-7,15H,4-5,8-10H2,1H3,(H,16,17). The van der Waals surface area contributed by atoms with Crippen LogP contribution in [0, 0.1) is 6.92 Å². The molecular formula is C14H19NO4S. The van der Waals surface area contributed by atoms with E-state index in [1.807, 2.05) is 0 Å². The smallest absolute Gasteiger partial charge is 0.305 e. The SMILES string of the molecule is Cc1ccccc1S(=O)(=O)NC1(CC(=O)O)CCCC1. The zero-order valence-corrected chi connectivity index (χ0v) is 12.2. The molecule has 110 valence electrons. The zero-order chi connectivity index (χ0) is 14.8. The van der Waals surface area contributed by atoms with Crippen LogP contribution in [-0.4, -0.2) is 25.0 Å². The number of aryl methyl sites for hydroxylation is 1. The molecule has 0 bridgehead atoms. The second kappa shape index (κ2) is 5.54. The van der Waals surface area contributed by atoms with E-state index in [0.29, 0.717) is 18.4 Å². The van der Waals surface area contributed by atoms with Crippen molar-refractivity contribution in [2.45, 2.75) is 49.5 Å². The molecule has 0 atom stereocenters. The van der Waals surface area contributed by atoms with Crippen LogP contribution in [0.15, 0.2) is 29.2 Å². The van der Waals surface area contributed by atoms with Crippen molar-refractivity contribution in [2.75, 3.05) is 0 Å². The molecule has 20 heavy (non-hydrogen) atoms. The van der Waals surface area contributed by atoms with Gasteiger partial charge in [0.05, 0.1) is 11.3 Å². The number of carbonyl (C=O) groups is 1. The summed E-state index contributed by atoms with van der Waals surface area (Å²) in [6.45, 7) is 1.73. The largest absolute Gasteiger partial charge is 0.481 e. The summed E-state index contributed by atoms with van der Waals surface area (Å²) < 4.78 is 27.6. The molecule has 0 aromatic heterocycles. The van der Waals surface area contributed by atoms with E-state index in [1.165, 1.54) is 0 Å². The fraction of sp³-hybridized carbons (Fsp3) is 0.500. The van der Waals surface area contributed by atoms with Crippen molar-refractivity contribution in [3.05, 3.63) is 29.8 Å². The number of rotatable bonds is 5. The molecule has 5 nitrogen and oxygen atoms in total. The normalized spacial score (nSPS) is 18.1. The molecule has 1 aliphatic rings. The van der Waals surface area contributed by atoms with Crippen molar-refractivity contribution >= 4 is 16.0 Å². The summed E-state index contributed by atoms with van der Waals surface area (Å²) in [4.78, 5) is 11.2. The fourth-order valence-electron chi connectivity index (χ4n) is 2.85. The first-order valence-corrected chi connectivity index (χ1v) is 8.14. The lowest BCUT2D eigenvalue weighted by Crippen LogP contribution is -2.47. The number of nitrogens with one attached hydrogen (secondary N) is 1. The summed E-state index contributed by atoms with van der Waals surface area (Å²) in [5.41, 5.74) is -0.184. The van der Waals surface area contributed by atoms with Crippen molar-refractivity contribution in [3.63, 3.8) is 0 Å². The number of carboxylic acids is 1. The Labute approximate surface area is 119 Å². The van der Waals surface area contributed by atoms with Gasteiger partial charge in [0.15, 0.2) is 0 Å². The maximum Gasteiger partial charge on any atom is 0.305 e. The average Bonchev–Trinajstić information content (AvgIpc) is 2.75. The molecule has 0 aliphatic heterocycles. The maximum atomic E-state index is 12.5. The number of benzene rings is 1. The van der Waals surface area contributed by atoms with Crippen LogP contribution in [-0.2, 0) is 14.8 Å². The van der Waals surface area contributed by atoms with Crippen LogP contribution in [0.5, 0.6) is 0 Å². The Morgan fingerprint density at radius 2 is 1.90 bits per heavy atom. The highest BCUT2D eigenvalue weighted by atomic mass is 32.2. The van der Waals surface area contributed by atoms with Gasteiger partial charge >= 0.3 is 5.97 Å². The highest BCUT2D eigenvalue weighted by molar-refractivity contribution is 7.89. The van der Waals surface area contributed by atoms with Gasteiger partial charge in [-0.25, -0.2) is 13.1 Å². The van der Waals surface area contributed by atoms with Gasteiger partial charge in [0, 0.05) is 5.54 Å². The second-order valence-electron chi connectivity index (χ2n) is 5.43. The molecule has 0 amide bonds. The lowest BCUT2D eigenvalue weighted by molar-refractivity contribution is -0.138. The van der Waals surface area contributed by atoms with Crippen molar-refractivity contribution in [1.29, 1.82) is 0 Å². The minimum absolute atomic E-state index is 0.169. The Morgan fingerprint density at radius 1 is 1.30 bits per heavy atom. The summed E-state index contributed by atoms with van der Waals surface area (Å²) >= 11 is 0. The van der Waals surface area contributed by atoms with Gasteiger partial charge in [0.25, 0.3) is 0 Å². The molecule has 1 fully saturated rings. The Hall–Kier alpha value is -1.40. The summed E-state index contributed by atoms with van der Waals surface area (Å²) in [7, 11) is -3.69. The first kappa shape index (κ1) is 15.0. The van der Waals surface area contributed by atoms with E-state index in [0.717, 1.165) is 12.8 Å². The van der Waals surface area contributed by atoms with E-state index in [1.54, 1.807) is 31.2 Å². The van der Waals surface area contributed by atoms with Gasteiger partial charge in [0.1, 0.15) is 0 Å². The fourth-order valence-corrected chi connectivity index (χ4v) is 4.56. The van der Waals surface area contributed by atoms with Crippen molar-refractivity contribution in [1.82, 2.24) is 4.72 Å². The molecule has 0 radical (unpaired) electrons. The monoisotopic (exact) mass is 297 g/mol. The van der Waals surface area contributed by atoms with Crippen molar-refractivity contribution in [2.24, 2.45) is 0 Å². The molecule has 1 aliphatic carbocycles. The number of sulfonamides is 1. The van der Waals surface area contributed by atoms with E-state index in [4.69, 9.17) is 5.11 Å². The van der Waals surface area contributed by atoms with Crippen LogP contribution >= 0.6 is 0 Å². The summed E-state index contributed by atoms with van der Waals surface area (Å²) in [5.74, 6) is -0.973. The molecule has 0 heterocycles. The lowest BCUT2D eigenvalue weighted by Gasteiger charge is -2.28. The quantitative estimate of drug-likeness (QED) is 0.871. The number of aliphatic carboxylic acids is 1. The van der Waals surface area contributed by atoms with Gasteiger partial charge in [-0.2, -0.15) is 0 Å². The van der Waals surface area contributed by atoms with Crippen LogP contribution in [0.3, 0.4) is 0 Å². The Balaban J connectivity index is 2.31. The number of carboxylic acid groups (broad SMARTS) is 1. The molecule has 1 aromatic rings. The minimum atomic E-state index is -3.69. The van der Waals surface area contributed by atoms with Gasteiger partial charge in [0.2, 0.25) is 10.0 Å². The third kappa shape index (κ3) is 3.19. The Bertz CT molecular complexity index is 603. The summed E-state index contributed by atoms with van der Waals surface area (Å²) in [6.07, 6.45) is 2.68. The second-order valence-corrected chi connectivity index (χ2v) is 7.08. The molecule has 2 N–H and O–H groups in total. The highest BCUT2D eigenvalue weighted by Gasteiger charge is 2.40. The number of hydrogen-bond donors (Lipinski definition) is 2. The first-order valence-electron chi connectivity index (χ1n) is 6.66. The molecule has 2 rings (SSSR count). The molecule has 1 saturated carbocycles. The summed E-state index contributed by atoms with van der Waals surface area (Å²) in [6, 6.07) is 6.71. The zero-order valence-electron chi connectivity index (χ0n) is 11.4. The van der Waals surface area contributed by atoms with Crippen molar-refractivity contribution in [3.8, 4) is 0 Å². The van der Waals surface area contributed by atoms with Gasteiger partial charge in [-0.05, 0) is 31.4 Å². The Morgan fingerprint density at radius 3 is 2.45 bits per heavy atom. The summed E-state index contributed by atoms with van der Waals surface area (Å²) in [5, 5.41) is 9.03. The predicted molar refractivity (Wildman–Crippen MR) is 75.0 cm³/mol. The lowest BCUT2D eigenvalue weighted by atomic mass is 9.95. The highest BCUT2D eigenvalue weighted by Crippen LogP contribution is 2.34. The molecule has 0 spiro atoms. The molecule has 0 saturated heterocycles. The van der Waals surface area contributed by atoms with Crippen LogP contribution in [0.1, 0.15) is 37.7 Å². The molecule has 0 unspecified atom stereocenters. The molecule has 1 aromatic carbocycles. The molecular weight excluding hydrogens is 278 g/mol. The van der Waals surface area contributed by atoms with Gasteiger partial charge in [-0.15, -0.1) is 0 Å². The van der Waals surface area contributed by atoms with E-state index in [2.05, 4.69) is 4.72 Å². The van der Waals surface area contributed by atoms with Crippen LogP contribution in [0.25, 0.3) is 0 Å². The van der Waals surface area contributed by atoms with Crippen LogP contribution in [0.2, 0.25) is 0 Å². The van der Waals surface area contributed by atoms with Crippen LogP contribution in [0.4, 0.5) is 0 Å². The first-order chi connectivity index (χ1) is 9.35. The van der Waals surface area contributed by atoms with Gasteiger partial charge in [-0.3, -0.25) is 4.79 Å². The van der Waals surface area contributed by atoms with Gasteiger partial charge in [-0.1, -0.05) is 31.0 Å². The van der Waals surface area contributed by atoms with E-state index in [9.17, 15) is 13.2 Å². The topological polar surface area (TPSA) is 83.5 Å². The third-order valence-corrected chi connectivity index (χ3v) is 5.52.